The van der Waals surface area contributed by atoms with Crippen LogP contribution in [0.4, 0.5) is 5.69 Å². The van der Waals surface area contributed by atoms with Crippen LogP contribution in [0.3, 0.4) is 0 Å². The van der Waals surface area contributed by atoms with Crippen LogP contribution in [0.15, 0.2) is 39.8 Å². The molecule has 0 atom stereocenters. The van der Waals surface area contributed by atoms with Crippen LogP contribution in [0.5, 0.6) is 0 Å². The maximum Gasteiger partial charge on any atom is 0.291 e. The van der Waals surface area contributed by atoms with Gasteiger partial charge in [-0.15, -0.1) is 0 Å². The highest BCUT2D eigenvalue weighted by Gasteiger charge is 2.26. The summed E-state index contributed by atoms with van der Waals surface area (Å²) in [4.78, 5) is 12.2. The van der Waals surface area contributed by atoms with Crippen LogP contribution >= 0.6 is 11.6 Å². The minimum Gasteiger partial charge on any atom is -0.438 e. The summed E-state index contributed by atoms with van der Waals surface area (Å²) in [6, 6.07) is 7.62. The zero-order chi connectivity index (χ0) is 18.1. The van der Waals surface area contributed by atoms with Gasteiger partial charge in [-0.2, -0.15) is 0 Å². The largest absolute Gasteiger partial charge is 0.438 e. The number of amides is 1. The topological polar surface area (TPSA) is 88.4 Å². The zero-order valence-corrected chi connectivity index (χ0v) is 15.4. The number of anilines is 1. The fraction of sp³-hybridized carbons (Fsp3) is 0.312. The van der Waals surface area contributed by atoms with Gasteiger partial charge in [0.2, 0.25) is 5.09 Å². The molecule has 0 saturated heterocycles. The number of nitrogens with one attached hydrogen (secondary N) is 2. The summed E-state index contributed by atoms with van der Waals surface area (Å²) in [5.41, 5.74) is 0.714. The highest BCUT2D eigenvalue weighted by atomic mass is 35.5. The molecule has 1 amide bonds. The third-order valence-corrected chi connectivity index (χ3v) is 4.98. The van der Waals surface area contributed by atoms with Gasteiger partial charge in [0.05, 0.1) is 0 Å². The Morgan fingerprint density at radius 1 is 1.17 bits per heavy atom. The van der Waals surface area contributed by atoms with Crippen molar-refractivity contribution in [2.45, 2.75) is 38.3 Å². The van der Waals surface area contributed by atoms with Crippen molar-refractivity contribution in [2.24, 2.45) is 0 Å². The number of halogens is 1. The van der Waals surface area contributed by atoms with Crippen LogP contribution in [0.1, 0.15) is 36.9 Å². The van der Waals surface area contributed by atoms with Crippen molar-refractivity contribution in [2.75, 3.05) is 5.32 Å². The summed E-state index contributed by atoms with van der Waals surface area (Å²) in [6.07, 6.45) is 0. The van der Waals surface area contributed by atoms with Crippen molar-refractivity contribution in [3.63, 3.8) is 0 Å². The Hall–Kier alpha value is -1.83. The number of furan rings is 1. The lowest BCUT2D eigenvalue weighted by Gasteiger charge is -2.18. The molecule has 0 spiro atoms. The SMILES string of the molecule is Cc1ccc(NC(=O)c2ccc(S(=O)(=O)NC(C)(C)C)o2)cc1Cl. The van der Waals surface area contributed by atoms with E-state index in [1.807, 2.05) is 6.92 Å². The Labute approximate surface area is 146 Å². The molecule has 130 valence electrons. The fourth-order valence-electron chi connectivity index (χ4n) is 1.90. The molecule has 0 saturated carbocycles. The predicted octanol–water partition coefficient (Wildman–Crippen LogP) is 3.57. The van der Waals surface area contributed by atoms with Gasteiger partial charge in [-0.25, -0.2) is 13.1 Å². The van der Waals surface area contributed by atoms with Gasteiger partial charge < -0.3 is 9.73 Å². The summed E-state index contributed by atoms with van der Waals surface area (Å²) in [7, 11) is -3.83. The van der Waals surface area contributed by atoms with Gasteiger partial charge in [-0.1, -0.05) is 17.7 Å². The van der Waals surface area contributed by atoms with E-state index in [-0.39, 0.29) is 10.9 Å². The van der Waals surface area contributed by atoms with Crippen LogP contribution < -0.4 is 10.0 Å². The van der Waals surface area contributed by atoms with Gasteiger partial charge >= 0.3 is 0 Å². The Bertz CT molecular complexity index is 866. The molecule has 0 fully saturated rings. The second-order valence-corrected chi connectivity index (χ2v) is 8.41. The van der Waals surface area contributed by atoms with E-state index in [9.17, 15) is 13.2 Å². The maximum atomic E-state index is 12.2. The first-order valence-electron chi connectivity index (χ1n) is 7.19. The third kappa shape index (κ3) is 4.59. The van der Waals surface area contributed by atoms with Gasteiger partial charge in [0.15, 0.2) is 5.76 Å². The molecule has 0 aliphatic heterocycles. The minimum absolute atomic E-state index is 0.110. The molecule has 0 bridgehead atoms. The van der Waals surface area contributed by atoms with Crippen molar-refractivity contribution < 1.29 is 17.6 Å². The molecule has 1 aromatic heterocycles. The molecule has 2 aromatic rings. The van der Waals surface area contributed by atoms with Crippen molar-refractivity contribution >= 4 is 33.2 Å². The molecule has 0 unspecified atom stereocenters. The number of hydrogen-bond acceptors (Lipinski definition) is 4. The van der Waals surface area contributed by atoms with E-state index in [4.69, 9.17) is 16.0 Å². The monoisotopic (exact) mass is 370 g/mol. The second-order valence-electron chi connectivity index (χ2n) is 6.39. The number of hydrogen-bond donors (Lipinski definition) is 2. The molecule has 0 radical (unpaired) electrons. The Morgan fingerprint density at radius 2 is 1.83 bits per heavy atom. The second kappa shape index (κ2) is 6.58. The molecular formula is C16H19ClN2O4S. The first-order valence-corrected chi connectivity index (χ1v) is 9.05. The van der Waals surface area contributed by atoms with E-state index in [2.05, 4.69) is 10.0 Å². The van der Waals surface area contributed by atoms with E-state index in [0.29, 0.717) is 10.7 Å². The lowest BCUT2D eigenvalue weighted by molar-refractivity contribution is 0.0991. The molecule has 0 aliphatic carbocycles. The minimum atomic E-state index is -3.83. The Balaban J connectivity index is 2.18. The molecule has 6 nitrogen and oxygen atoms in total. The number of carbonyl (C=O) groups excluding carboxylic acids is 1. The van der Waals surface area contributed by atoms with Gasteiger partial charge in [0.1, 0.15) is 0 Å². The van der Waals surface area contributed by atoms with Gasteiger partial charge in [0, 0.05) is 16.2 Å². The van der Waals surface area contributed by atoms with Crippen molar-refractivity contribution in [1.29, 1.82) is 0 Å². The van der Waals surface area contributed by atoms with E-state index >= 15 is 0 Å². The lowest BCUT2D eigenvalue weighted by Crippen LogP contribution is -2.40. The quantitative estimate of drug-likeness (QED) is 0.861. The smallest absolute Gasteiger partial charge is 0.291 e. The van der Waals surface area contributed by atoms with Crippen LogP contribution in [0.25, 0.3) is 0 Å². The zero-order valence-electron chi connectivity index (χ0n) is 13.8. The lowest BCUT2D eigenvalue weighted by atomic mass is 10.1. The summed E-state index contributed by atoms with van der Waals surface area (Å²) < 4.78 is 32.0. The Morgan fingerprint density at radius 3 is 2.42 bits per heavy atom. The summed E-state index contributed by atoms with van der Waals surface area (Å²) in [5, 5.41) is 2.81. The highest BCUT2D eigenvalue weighted by Crippen LogP contribution is 2.21. The molecule has 2 rings (SSSR count). The summed E-state index contributed by atoms with van der Waals surface area (Å²) >= 11 is 6.01. The highest BCUT2D eigenvalue weighted by molar-refractivity contribution is 7.89. The standard InChI is InChI=1S/C16H19ClN2O4S/c1-10-5-6-11(9-12(10)17)18-15(20)13-7-8-14(23-13)24(21,22)19-16(2,3)4/h5-9,19H,1-4H3,(H,18,20). The molecular weight excluding hydrogens is 352 g/mol. The fourth-order valence-corrected chi connectivity index (χ4v) is 3.44. The van der Waals surface area contributed by atoms with Crippen molar-refractivity contribution in [3.05, 3.63) is 46.7 Å². The van der Waals surface area contributed by atoms with Crippen molar-refractivity contribution in [1.82, 2.24) is 4.72 Å². The van der Waals surface area contributed by atoms with Crippen LogP contribution in [-0.2, 0) is 10.0 Å². The molecule has 1 aromatic carbocycles. The molecule has 0 aliphatic rings. The van der Waals surface area contributed by atoms with Crippen LogP contribution in [0, 0.1) is 6.92 Å². The predicted molar refractivity (Wildman–Crippen MR) is 92.9 cm³/mol. The maximum absolute atomic E-state index is 12.2. The average molecular weight is 371 g/mol. The molecule has 2 N–H and O–H groups in total. The number of aryl methyl sites for hydroxylation is 1. The van der Waals surface area contributed by atoms with E-state index in [1.54, 1.807) is 39.0 Å². The van der Waals surface area contributed by atoms with Gasteiger partial charge in [-0.3, -0.25) is 4.79 Å². The molecule has 1 heterocycles. The number of sulfonamides is 1. The molecule has 24 heavy (non-hydrogen) atoms. The molecule has 8 heteroatoms. The Kier molecular flexibility index (Phi) is 5.08. The van der Waals surface area contributed by atoms with Crippen molar-refractivity contribution in [3.8, 4) is 0 Å². The normalized spacial score (nSPS) is 12.2. The van der Waals surface area contributed by atoms with Gasteiger partial charge in [-0.05, 0) is 57.5 Å². The van der Waals surface area contributed by atoms with E-state index in [1.165, 1.54) is 12.1 Å². The number of benzene rings is 1. The van der Waals surface area contributed by atoms with E-state index < -0.39 is 21.5 Å². The summed E-state index contributed by atoms with van der Waals surface area (Å²) in [6.45, 7) is 6.98. The van der Waals surface area contributed by atoms with E-state index in [0.717, 1.165) is 5.56 Å². The third-order valence-electron chi connectivity index (χ3n) is 2.94. The first-order chi connectivity index (χ1) is 11.0. The average Bonchev–Trinajstić information content (AvgIpc) is 2.91. The first kappa shape index (κ1) is 18.5. The van der Waals surface area contributed by atoms with Crippen LogP contribution in [-0.4, -0.2) is 19.9 Å². The van der Waals surface area contributed by atoms with Crippen LogP contribution in [0.2, 0.25) is 5.02 Å². The number of rotatable bonds is 4. The summed E-state index contributed by atoms with van der Waals surface area (Å²) in [5.74, 6) is -0.673. The number of carbonyl (C=O) groups is 1. The van der Waals surface area contributed by atoms with Gasteiger partial charge in [0.25, 0.3) is 15.9 Å².